The summed E-state index contributed by atoms with van der Waals surface area (Å²) in [5.41, 5.74) is 1.82. The third kappa shape index (κ3) is 1.57. The van der Waals surface area contributed by atoms with Gasteiger partial charge in [0, 0.05) is 5.33 Å². The van der Waals surface area contributed by atoms with E-state index >= 15 is 0 Å². The van der Waals surface area contributed by atoms with E-state index in [1.54, 1.807) is 6.07 Å². The van der Waals surface area contributed by atoms with Crippen LogP contribution in [0.4, 0.5) is 4.39 Å². The van der Waals surface area contributed by atoms with Gasteiger partial charge in [0.25, 0.3) is 0 Å². The monoisotopic (exact) mass is 202 g/mol. The van der Waals surface area contributed by atoms with Crippen molar-refractivity contribution in [2.75, 3.05) is 0 Å². The van der Waals surface area contributed by atoms with Crippen LogP contribution in [-0.4, -0.2) is 0 Å². The Morgan fingerprint density at radius 1 is 1.50 bits per heavy atom. The van der Waals surface area contributed by atoms with Gasteiger partial charge >= 0.3 is 0 Å². The molecule has 1 aromatic carbocycles. The number of aryl methyl sites for hydroxylation is 1. The van der Waals surface area contributed by atoms with Gasteiger partial charge in [-0.25, -0.2) is 4.39 Å². The zero-order valence-electron chi connectivity index (χ0n) is 5.70. The second kappa shape index (κ2) is 3.15. The summed E-state index contributed by atoms with van der Waals surface area (Å²) < 4.78 is 12.7. The molecule has 0 heterocycles. The number of hydrogen-bond donors (Lipinski definition) is 0. The van der Waals surface area contributed by atoms with Gasteiger partial charge < -0.3 is 0 Å². The molecule has 0 amide bonds. The van der Waals surface area contributed by atoms with E-state index in [2.05, 4.69) is 15.9 Å². The Kier molecular flexibility index (Phi) is 2.44. The molecule has 0 saturated heterocycles. The van der Waals surface area contributed by atoms with Crippen molar-refractivity contribution in [2.24, 2.45) is 0 Å². The van der Waals surface area contributed by atoms with Gasteiger partial charge in [0.1, 0.15) is 5.82 Å². The summed E-state index contributed by atoms with van der Waals surface area (Å²) >= 11 is 3.20. The maximum Gasteiger partial charge on any atom is 0.127 e. The van der Waals surface area contributed by atoms with Gasteiger partial charge in [0.2, 0.25) is 0 Å². The lowest BCUT2D eigenvalue weighted by Gasteiger charge is -1.98. The van der Waals surface area contributed by atoms with Crippen molar-refractivity contribution in [3.05, 3.63) is 35.1 Å². The van der Waals surface area contributed by atoms with Gasteiger partial charge in [-0.3, -0.25) is 0 Å². The number of benzene rings is 1. The highest BCUT2D eigenvalue weighted by Gasteiger charge is 1.98. The van der Waals surface area contributed by atoms with E-state index in [0.29, 0.717) is 5.33 Å². The summed E-state index contributed by atoms with van der Waals surface area (Å²) in [7, 11) is 0. The quantitative estimate of drug-likeness (QED) is 0.615. The molecule has 54 valence electrons. The maximum atomic E-state index is 12.7. The van der Waals surface area contributed by atoms with Gasteiger partial charge in [-0.1, -0.05) is 33.6 Å². The minimum Gasteiger partial charge on any atom is -0.207 e. The molecular weight excluding hydrogens is 195 g/mol. The van der Waals surface area contributed by atoms with E-state index in [9.17, 15) is 4.39 Å². The highest BCUT2D eigenvalue weighted by atomic mass is 79.9. The molecule has 0 aliphatic rings. The van der Waals surface area contributed by atoms with E-state index in [4.69, 9.17) is 0 Å². The Hall–Kier alpha value is -0.370. The molecule has 10 heavy (non-hydrogen) atoms. The van der Waals surface area contributed by atoms with Crippen LogP contribution in [0.15, 0.2) is 18.2 Å². The topological polar surface area (TPSA) is 0 Å². The van der Waals surface area contributed by atoms with Crippen LogP contribution in [-0.2, 0) is 5.33 Å². The molecule has 0 aliphatic carbocycles. The number of rotatable bonds is 1. The molecule has 0 spiro atoms. The van der Waals surface area contributed by atoms with E-state index in [-0.39, 0.29) is 5.82 Å². The molecule has 1 aromatic rings. The first-order valence-corrected chi connectivity index (χ1v) is 4.17. The predicted molar refractivity (Wildman–Crippen MR) is 43.8 cm³/mol. The average molecular weight is 203 g/mol. The minimum atomic E-state index is -0.137. The van der Waals surface area contributed by atoms with E-state index in [1.165, 1.54) is 6.07 Å². The molecule has 0 atom stereocenters. The zero-order valence-corrected chi connectivity index (χ0v) is 7.28. The highest BCUT2D eigenvalue weighted by molar-refractivity contribution is 9.08. The third-order valence-corrected chi connectivity index (χ3v) is 1.95. The van der Waals surface area contributed by atoms with Crippen molar-refractivity contribution in [2.45, 2.75) is 12.3 Å². The summed E-state index contributed by atoms with van der Waals surface area (Å²) in [4.78, 5) is 0. The van der Waals surface area contributed by atoms with Crippen LogP contribution in [0.25, 0.3) is 0 Å². The number of halogens is 2. The summed E-state index contributed by atoms with van der Waals surface area (Å²) in [6.45, 7) is 1.95. The SMILES string of the molecule is Cc1ccc(F)c(CBr)c1. The molecule has 0 saturated carbocycles. The first-order chi connectivity index (χ1) is 4.74. The Bertz CT molecular complexity index is 233. The van der Waals surface area contributed by atoms with Crippen LogP contribution < -0.4 is 0 Å². The molecule has 0 N–H and O–H groups in total. The largest absolute Gasteiger partial charge is 0.207 e. The average Bonchev–Trinajstić information content (AvgIpc) is 1.94. The first kappa shape index (κ1) is 7.73. The second-order valence-corrected chi connectivity index (χ2v) is 2.79. The minimum absolute atomic E-state index is 0.137. The molecule has 0 aliphatic heterocycles. The predicted octanol–water partition coefficient (Wildman–Crippen LogP) is 3.03. The number of hydrogen-bond acceptors (Lipinski definition) is 0. The smallest absolute Gasteiger partial charge is 0.127 e. The fourth-order valence-corrected chi connectivity index (χ4v) is 1.24. The molecule has 0 fully saturated rings. The molecule has 0 aromatic heterocycles. The van der Waals surface area contributed by atoms with Crippen molar-refractivity contribution in [3.8, 4) is 0 Å². The van der Waals surface area contributed by atoms with Crippen LogP contribution in [0.1, 0.15) is 11.1 Å². The van der Waals surface area contributed by atoms with Crippen molar-refractivity contribution in [1.29, 1.82) is 0 Å². The molecule has 0 nitrogen and oxygen atoms in total. The van der Waals surface area contributed by atoms with Gasteiger partial charge in [0.05, 0.1) is 0 Å². The Balaban J connectivity index is 3.09. The highest BCUT2D eigenvalue weighted by Crippen LogP contribution is 2.12. The van der Waals surface area contributed by atoms with Crippen molar-refractivity contribution in [3.63, 3.8) is 0 Å². The Morgan fingerprint density at radius 2 is 2.20 bits per heavy atom. The molecule has 0 unspecified atom stereocenters. The number of alkyl halides is 1. The second-order valence-electron chi connectivity index (χ2n) is 2.23. The third-order valence-electron chi connectivity index (χ3n) is 1.35. The summed E-state index contributed by atoms with van der Waals surface area (Å²) in [5.74, 6) is -0.137. The molecule has 0 radical (unpaired) electrons. The van der Waals surface area contributed by atoms with Gasteiger partial charge in [-0.2, -0.15) is 0 Å². The van der Waals surface area contributed by atoms with Crippen molar-refractivity contribution in [1.82, 2.24) is 0 Å². The van der Waals surface area contributed by atoms with E-state index in [1.807, 2.05) is 13.0 Å². The molecule has 2 heteroatoms. The van der Waals surface area contributed by atoms with Crippen LogP contribution in [0.3, 0.4) is 0 Å². The van der Waals surface area contributed by atoms with Gasteiger partial charge in [-0.05, 0) is 18.6 Å². The van der Waals surface area contributed by atoms with Crippen LogP contribution in [0.2, 0.25) is 0 Å². The standard InChI is InChI=1S/C8H8BrF/c1-6-2-3-8(10)7(4-6)5-9/h2-4H,5H2,1H3. The zero-order chi connectivity index (χ0) is 7.56. The fraction of sp³-hybridized carbons (Fsp3) is 0.250. The van der Waals surface area contributed by atoms with Crippen LogP contribution in [0.5, 0.6) is 0 Å². The van der Waals surface area contributed by atoms with Crippen LogP contribution in [0, 0.1) is 12.7 Å². The molecule has 0 bridgehead atoms. The fourth-order valence-electron chi connectivity index (χ4n) is 0.806. The molecular formula is C8H8BrF. The summed E-state index contributed by atoms with van der Waals surface area (Å²) in [6.07, 6.45) is 0. The van der Waals surface area contributed by atoms with Crippen molar-refractivity contribution < 1.29 is 4.39 Å². The van der Waals surface area contributed by atoms with Gasteiger partial charge in [0.15, 0.2) is 0 Å². The lowest BCUT2D eigenvalue weighted by atomic mass is 10.1. The molecule has 1 rings (SSSR count). The Morgan fingerprint density at radius 3 is 2.70 bits per heavy atom. The lowest BCUT2D eigenvalue weighted by Crippen LogP contribution is -1.85. The maximum absolute atomic E-state index is 12.7. The summed E-state index contributed by atoms with van der Waals surface area (Å²) in [6, 6.07) is 5.09. The first-order valence-electron chi connectivity index (χ1n) is 3.05. The Labute approximate surface area is 68.2 Å². The van der Waals surface area contributed by atoms with E-state index < -0.39 is 0 Å². The summed E-state index contributed by atoms with van der Waals surface area (Å²) in [5, 5.41) is 0.584. The normalized spacial score (nSPS) is 9.90. The lowest BCUT2D eigenvalue weighted by molar-refractivity contribution is 0.617. The van der Waals surface area contributed by atoms with Crippen molar-refractivity contribution >= 4 is 15.9 Å². The van der Waals surface area contributed by atoms with Gasteiger partial charge in [-0.15, -0.1) is 0 Å². The van der Waals surface area contributed by atoms with E-state index in [0.717, 1.165) is 11.1 Å². The van der Waals surface area contributed by atoms with Crippen LogP contribution >= 0.6 is 15.9 Å².